The summed E-state index contributed by atoms with van der Waals surface area (Å²) in [6.45, 7) is 1.83. The number of nitrogens with zero attached hydrogens (tertiary/aromatic N) is 1. The highest BCUT2D eigenvalue weighted by Crippen LogP contribution is 2.36. The molecule has 0 bridgehead atoms. The van der Waals surface area contributed by atoms with Crippen molar-refractivity contribution in [1.29, 1.82) is 0 Å². The molecule has 3 rings (SSSR count). The van der Waals surface area contributed by atoms with E-state index < -0.39 is 6.04 Å². The minimum Gasteiger partial charge on any atom is -0.341 e. The van der Waals surface area contributed by atoms with Crippen molar-refractivity contribution in [3.63, 3.8) is 0 Å². The number of likely N-dealkylation sites (tertiary alicyclic amines) is 1. The molecule has 0 aromatic carbocycles. The summed E-state index contributed by atoms with van der Waals surface area (Å²) in [6, 6.07) is 3.46. The van der Waals surface area contributed by atoms with E-state index in [4.69, 9.17) is 5.73 Å². The van der Waals surface area contributed by atoms with Crippen molar-refractivity contribution in [3.05, 3.63) is 22.4 Å². The summed E-state index contributed by atoms with van der Waals surface area (Å²) < 4.78 is 0. The largest absolute Gasteiger partial charge is 0.341 e. The van der Waals surface area contributed by atoms with E-state index in [9.17, 15) is 4.79 Å². The minimum absolute atomic E-state index is 0.117. The zero-order valence-corrected chi connectivity index (χ0v) is 12.1. The molecule has 2 N–H and O–H groups in total. The van der Waals surface area contributed by atoms with Crippen molar-refractivity contribution in [3.8, 4) is 0 Å². The van der Waals surface area contributed by atoms with Crippen molar-refractivity contribution in [2.75, 3.05) is 13.1 Å². The molecule has 104 valence electrons. The third-order valence-corrected chi connectivity index (χ3v) is 5.67. The molecule has 1 aromatic heterocycles. The predicted molar refractivity (Wildman–Crippen MR) is 77.9 cm³/mol. The second-order valence-corrected chi connectivity index (χ2v) is 6.85. The molecule has 1 amide bonds. The molecule has 19 heavy (non-hydrogen) atoms. The first kappa shape index (κ1) is 13.1. The third kappa shape index (κ3) is 2.70. The van der Waals surface area contributed by atoms with Gasteiger partial charge in [0.25, 0.3) is 0 Å². The van der Waals surface area contributed by atoms with Crippen molar-refractivity contribution >= 4 is 17.2 Å². The van der Waals surface area contributed by atoms with E-state index in [1.165, 1.54) is 32.1 Å². The van der Waals surface area contributed by atoms with Gasteiger partial charge in [-0.1, -0.05) is 25.3 Å². The quantitative estimate of drug-likeness (QED) is 0.904. The smallest absolute Gasteiger partial charge is 0.244 e. The summed E-state index contributed by atoms with van der Waals surface area (Å²) in [4.78, 5) is 15.5. The van der Waals surface area contributed by atoms with Crippen molar-refractivity contribution in [2.24, 2.45) is 17.6 Å². The Hall–Kier alpha value is -0.870. The Labute approximate surface area is 118 Å². The van der Waals surface area contributed by atoms with Gasteiger partial charge in [-0.05, 0) is 36.1 Å². The highest BCUT2D eigenvalue weighted by Gasteiger charge is 2.34. The van der Waals surface area contributed by atoms with Crippen LogP contribution in [0.2, 0.25) is 0 Å². The maximum absolute atomic E-state index is 12.5. The predicted octanol–water partition coefficient (Wildman–Crippen LogP) is 2.79. The van der Waals surface area contributed by atoms with Crippen LogP contribution in [0.1, 0.15) is 43.0 Å². The zero-order chi connectivity index (χ0) is 13.2. The number of carbonyl (C=O) groups excluding carboxylic acids is 1. The first-order valence-electron chi connectivity index (χ1n) is 7.33. The molecule has 0 spiro atoms. The number of nitrogens with two attached hydrogens (primary N) is 1. The van der Waals surface area contributed by atoms with Crippen LogP contribution in [0.4, 0.5) is 0 Å². The standard InChI is InChI=1S/C15H22N2OS/c16-14(13-6-3-9-19-13)15(18)17-8-7-11-4-1-2-5-12(11)10-17/h3,6,9,11-12,14H,1-2,4-5,7-8,10,16H2. The zero-order valence-electron chi connectivity index (χ0n) is 11.3. The molecule has 1 aliphatic heterocycles. The van der Waals surface area contributed by atoms with Crippen LogP contribution in [0.25, 0.3) is 0 Å². The summed E-state index contributed by atoms with van der Waals surface area (Å²) in [5.74, 6) is 1.70. The minimum atomic E-state index is -0.458. The van der Waals surface area contributed by atoms with Crippen molar-refractivity contribution in [2.45, 2.75) is 38.1 Å². The lowest BCUT2D eigenvalue weighted by Gasteiger charge is -2.41. The van der Waals surface area contributed by atoms with Gasteiger partial charge in [-0.25, -0.2) is 0 Å². The molecule has 1 aliphatic carbocycles. The number of carbonyl (C=O) groups is 1. The number of hydrogen-bond donors (Lipinski definition) is 1. The summed E-state index contributed by atoms with van der Waals surface area (Å²) in [5.41, 5.74) is 6.10. The van der Waals surface area contributed by atoms with E-state index in [1.807, 2.05) is 22.4 Å². The Morgan fingerprint density at radius 1 is 1.32 bits per heavy atom. The molecule has 3 nitrogen and oxygen atoms in total. The van der Waals surface area contributed by atoms with Crippen LogP contribution in [0.15, 0.2) is 17.5 Å². The fraction of sp³-hybridized carbons (Fsp3) is 0.667. The van der Waals surface area contributed by atoms with Crippen LogP contribution >= 0.6 is 11.3 Å². The normalized spacial score (nSPS) is 28.8. The third-order valence-electron chi connectivity index (χ3n) is 4.72. The van der Waals surface area contributed by atoms with Crippen LogP contribution in [0.5, 0.6) is 0 Å². The topological polar surface area (TPSA) is 46.3 Å². The summed E-state index contributed by atoms with van der Waals surface area (Å²) in [7, 11) is 0. The second kappa shape index (κ2) is 5.63. The molecule has 1 saturated heterocycles. The first-order chi connectivity index (χ1) is 9.25. The molecule has 0 radical (unpaired) electrons. The molecular formula is C15H22N2OS. The molecule has 1 saturated carbocycles. The van der Waals surface area contributed by atoms with E-state index in [0.717, 1.165) is 29.8 Å². The average Bonchev–Trinajstić information content (AvgIpc) is 2.99. The Morgan fingerprint density at radius 2 is 2.11 bits per heavy atom. The summed E-state index contributed by atoms with van der Waals surface area (Å²) >= 11 is 1.57. The Bertz CT molecular complexity index is 431. The van der Waals surface area contributed by atoms with Gasteiger partial charge in [0.1, 0.15) is 6.04 Å². The molecule has 2 aliphatic rings. The lowest BCUT2D eigenvalue weighted by atomic mass is 9.75. The SMILES string of the molecule is NC(C(=O)N1CCC2CCCCC2C1)c1cccs1. The van der Waals surface area contributed by atoms with Crippen LogP contribution in [-0.4, -0.2) is 23.9 Å². The molecule has 3 unspecified atom stereocenters. The van der Waals surface area contributed by atoms with Gasteiger partial charge in [-0.15, -0.1) is 11.3 Å². The number of fused-ring (bicyclic) bond motifs is 1. The molecule has 1 aromatic rings. The number of hydrogen-bond acceptors (Lipinski definition) is 3. The lowest BCUT2D eigenvalue weighted by Crippen LogP contribution is -2.47. The number of piperidine rings is 1. The van der Waals surface area contributed by atoms with Gasteiger partial charge in [0, 0.05) is 18.0 Å². The first-order valence-corrected chi connectivity index (χ1v) is 8.21. The monoisotopic (exact) mass is 278 g/mol. The van der Waals surface area contributed by atoms with Gasteiger partial charge < -0.3 is 10.6 Å². The van der Waals surface area contributed by atoms with Crippen LogP contribution in [-0.2, 0) is 4.79 Å². The van der Waals surface area contributed by atoms with Crippen LogP contribution < -0.4 is 5.73 Å². The molecule has 3 atom stereocenters. The molecular weight excluding hydrogens is 256 g/mol. The highest BCUT2D eigenvalue weighted by molar-refractivity contribution is 7.10. The fourth-order valence-corrected chi connectivity index (χ4v) is 4.31. The van der Waals surface area contributed by atoms with Gasteiger partial charge in [0.05, 0.1) is 0 Å². The van der Waals surface area contributed by atoms with Crippen LogP contribution in [0, 0.1) is 11.8 Å². The van der Waals surface area contributed by atoms with E-state index >= 15 is 0 Å². The second-order valence-electron chi connectivity index (χ2n) is 5.87. The molecule has 4 heteroatoms. The van der Waals surface area contributed by atoms with Crippen molar-refractivity contribution in [1.82, 2.24) is 4.90 Å². The van der Waals surface area contributed by atoms with Gasteiger partial charge in [-0.2, -0.15) is 0 Å². The van der Waals surface area contributed by atoms with Crippen LogP contribution in [0.3, 0.4) is 0 Å². The van der Waals surface area contributed by atoms with Gasteiger partial charge in [0.15, 0.2) is 0 Å². The molecule has 2 fully saturated rings. The Morgan fingerprint density at radius 3 is 2.84 bits per heavy atom. The highest BCUT2D eigenvalue weighted by atomic mass is 32.1. The fourth-order valence-electron chi connectivity index (χ4n) is 3.59. The number of rotatable bonds is 2. The van der Waals surface area contributed by atoms with E-state index in [-0.39, 0.29) is 5.91 Å². The van der Waals surface area contributed by atoms with Gasteiger partial charge >= 0.3 is 0 Å². The number of amides is 1. The van der Waals surface area contributed by atoms with Crippen molar-refractivity contribution < 1.29 is 4.79 Å². The van der Waals surface area contributed by atoms with E-state index in [0.29, 0.717) is 0 Å². The van der Waals surface area contributed by atoms with Gasteiger partial charge in [0.2, 0.25) is 5.91 Å². The maximum Gasteiger partial charge on any atom is 0.244 e. The number of thiophene rings is 1. The van der Waals surface area contributed by atoms with E-state index in [2.05, 4.69) is 0 Å². The van der Waals surface area contributed by atoms with Gasteiger partial charge in [-0.3, -0.25) is 4.79 Å². The average molecular weight is 278 g/mol. The lowest BCUT2D eigenvalue weighted by molar-refractivity contribution is -0.135. The Balaban J connectivity index is 1.64. The maximum atomic E-state index is 12.5. The van der Waals surface area contributed by atoms with E-state index in [1.54, 1.807) is 11.3 Å². The Kier molecular flexibility index (Phi) is 3.89. The molecule has 2 heterocycles. The summed E-state index contributed by atoms with van der Waals surface area (Å²) in [5, 5.41) is 1.98. The summed E-state index contributed by atoms with van der Waals surface area (Å²) in [6.07, 6.45) is 6.55.